The van der Waals surface area contributed by atoms with Gasteiger partial charge in [-0.2, -0.15) is 0 Å². The first kappa shape index (κ1) is 8.21. The first-order chi connectivity index (χ1) is 3.39. The van der Waals surface area contributed by atoms with E-state index in [1.54, 1.807) is 0 Å². The number of hydrogen-bond donors (Lipinski definition) is 2. The van der Waals surface area contributed by atoms with Gasteiger partial charge in [-0.3, -0.25) is 0 Å². The third-order valence-electron chi connectivity index (χ3n) is 1.38. The lowest BCUT2D eigenvalue weighted by molar-refractivity contribution is 0.458. The molecule has 0 saturated carbocycles. The van der Waals surface area contributed by atoms with Crippen LogP contribution in [-0.2, 0) is 0 Å². The monoisotopic (exact) mass is 136 g/mol. The van der Waals surface area contributed by atoms with Gasteiger partial charge < -0.3 is 11.1 Å². The predicted octanol–water partition coefficient (Wildman–Crippen LogP) is 0.119. The van der Waals surface area contributed by atoms with E-state index in [1.165, 1.54) is 0 Å². The van der Waals surface area contributed by atoms with Gasteiger partial charge in [-0.05, 0) is 25.9 Å². The van der Waals surface area contributed by atoms with Gasteiger partial charge in [0.05, 0.1) is 0 Å². The number of halogens is 1. The summed E-state index contributed by atoms with van der Waals surface area (Å²) >= 11 is 0. The molecule has 1 aliphatic heterocycles. The van der Waals surface area contributed by atoms with Gasteiger partial charge in [0.2, 0.25) is 0 Å². The Kier molecular flexibility index (Phi) is 4.23. The molecular weight excluding hydrogens is 124 g/mol. The zero-order chi connectivity index (χ0) is 5.11. The van der Waals surface area contributed by atoms with Gasteiger partial charge in [0, 0.05) is 6.04 Å². The molecule has 1 rings (SSSR count). The Balaban J connectivity index is 0.000000490. The van der Waals surface area contributed by atoms with E-state index in [0.717, 1.165) is 25.9 Å². The second-order valence-electron chi connectivity index (χ2n) is 2.09. The molecule has 50 valence electrons. The zero-order valence-corrected chi connectivity index (χ0v) is 5.71. The van der Waals surface area contributed by atoms with Crippen LogP contribution in [0.1, 0.15) is 12.8 Å². The normalized spacial score (nSPS) is 22.1. The highest BCUT2D eigenvalue weighted by Gasteiger charge is 2.05. The summed E-state index contributed by atoms with van der Waals surface area (Å²) in [6, 6.07) is 0.473. The fourth-order valence-electron chi connectivity index (χ4n) is 0.844. The molecule has 0 spiro atoms. The van der Waals surface area contributed by atoms with Crippen LogP contribution < -0.4 is 11.1 Å². The summed E-state index contributed by atoms with van der Waals surface area (Å²) < 4.78 is 0. The van der Waals surface area contributed by atoms with Crippen LogP contribution in [0.25, 0.3) is 0 Å². The average molecular weight is 137 g/mol. The molecule has 2 nitrogen and oxygen atoms in total. The molecule has 0 radical (unpaired) electrons. The van der Waals surface area contributed by atoms with E-state index >= 15 is 0 Å². The van der Waals surface area contributed by atoms with Crippen molar-refractivity contribution in [2.45, 2.75) is 18.9 Å². The molecule has 1 saturated heterocycles. The Morgan fingerprint density at radius 1 is 1.25 bits per heavy atom. The van der Waals surface area contributed by atoms with Crippen LogP contribution in [0.2, 0.25) is 0 Å². The molecule has 1 fully saturated rings. The second kappa shape index (κ2) is 4.13. The molecule has 0 amide bonds. The van der Waals surface area contributed by atoms with Gasteiger partial charge in [0.15, 0.2) is 0 Å². The molecule has 8 heavy (non-hydrogen) atoms. The van der Waals surface area contributed by atoms with E-state index in [9.17, 15) is 0 Å². The molecular formula is C5H13ClN2. The Morgan fingerprint density at radius 2 is 1.75 bits per heavy atom. The maximum absolute atomic E-state index is 5.59. The van der Waals surface area contributed by atoms with Gasteiger partial charge in [-0.1, -0.05) is 0 Å². The fourth-order valence-corrected chi connectivity index (χ4v) is 0.844. The maximum atomic E-state index is 5.59. The molecule has 1 heterocycles. The van der Waals surface area contributed by atoms with Crippen molar-refractivity contribution in [3.05, 3.63) is 0 Å². The van der Waals surface area contributed by atoms with E-state index in [1.807, 2.05) is 0 Å². The quantitative estimate of drug-likeness (QED) is 0.497. The van der Waals surface area contributed by atoms with Crippen molar-refractivity contribution < 1.29 is 0 Å². The molecule has 0 aliphatic carbocycles. The lowest BCUT2D eigenvalue weighted by Gasteiger charge is -2.17. The highest BCUT2D eigenvalue weighted by Crippen LogP contribution is 1.96. The summed E-state index contributed by atoms with van der Waals surface area (Å²) in [5.41, 5.74) is 5.59. The Bertz CT molecular complexity index is 52.4. The summed E-state index contributed by atoms with van der Waals surface area (Å²) in [6.45, 7) is 2.22. The minimum atomic E-state index is 0. The van der Waals surface area contributed by atoms with Crippen LogP contribution in [0.3, 0.4) is 0 Å². The van der Waals surface area contributed by atoms with E-state index < -0.39 is 0 Å². The SMILES string of the molecule is Cl.NC1CCNCC1. The van der Waals surface area contributed by atoms with E-state index in [-0.39, 0.29) is 12.4 Å². The van der Waals surface area contributed by atoms with Crippen molar-refractivity contribution >= 4 is 12.4 Å². The standard InChI is InChI=1S/C5H12N2.ClH/c6-5-1-3-7-4-2-5;/h5,7H,1-4,6H2;1H. The van der Waals surface area contributed by atoms with Crippen molar-refractivity contribution in [1.82, 2.24) is 5.32 Å². The van der Waals surface area contributed by atoms with Crippen molar-refractivity contribution in [3.8, 4) is 0 Å². The van der Waals surface area contributed by atoms with Gasteiger partial charge >= 0.3 is 0 Å². The molecule has 0 aromatic rings. The number of rotatable bonds is 0. The maximum Gasteiger partial charge on any atom is 0.00629 e. The van der Waals surface area contributed by atoms with Crippen molar-refractivity contribution in [1.29, 1.82) is 0 Å². The lowest BCUT2D eigenvalue weighted by atomic mass is 10.1. The predicted molar refractivity (Wildman–Crippen MR) is 37.3 cm³/mol. The van der Waals surface area contributed by atoms with Crippen LogP contribution in [0, 0.1) is 0 Å². The number of nitrogens with two attached hydrogens (primary N) is 1. The van der Waals surface area contributed by atoms with Crippen LogP contribution in [0.5, 0.6) is 0 Å². The fraction of sp³-hybridized carbons (Fsp3) is 1.00. The largest absolute Gasteiger partial charge is 0.328 e. The summed E-state index contributed by atoms with van der Waals surface area (Å²) in [4.78, 5) is 0. The summed E-state index contributed by atoms with van der Waals surface area (Å²) in [5.74, 6) is 0. The topological polar surface area (TPSA) is 38.0 Å². The van der Waals surface area contributed by atoms with Gasteiger partial charge in [0.1, 0.15) is 0 Å². The Morgan fingerprint density at radius 3 is 2.00 bits per heavy atom. The molecule has 0 unspecified atom stereocenters. The number of hydrogen-bond acceptors (Lipinski definition) is 2. The van der Waals surface area contributed by atoms with Crippen LogP contribution in [-0.4, -0.2) is 19.1 Å². The van der Waals surface area contributed by atoms with Gasteiger partial charge in [-0.25, -0.2) is 0 Å². The highest BCUT2D eigenvalue weighted by molar-refractivity contribution is 5.85. The first-order valence-corrected chi connectivity index (χ1v) is 2.86. The second-order valence-corrected chi connectivity index (χ2v) is 2.09. The Hall–Kier alpha value is 0.210. The molecule has 0 aromatic carbocycles. The molecule has 3 heteroatoms. The van der Waals surface area contributed by atoms with Crippen LogP contribution >= 0.6 is 12.4 Å². The van der Waals surface area contributed by atoms with E-state index in [2.05, 4.69) is 5.32 Å². The minimum Gasteiger partial charge on any atom is -0.328 e. The average Bonchev–Trinajstić information content (AvgIpc) is 1.69. The molecule has 3 N–H and O–H groups in total. The lowest BCUT2D eigenvalue weighted by Crippen LogP contribution is -2.35. The van der Waals surface area contributed by atoms with E-state index in [0.29, 0.717) is 6.04 Å². The van der Waals surface area contributed by atoms with Crippen molar-refractivity contribution in [2.75, 3.05) is 13.1 Å². The van der Waals surface area contributed by atoms with E-state index in [4.69, 9.17) is 5.73 Å². The Labute approximate surface area is 56.2 Å². The minimum absolute atomic E-state index is 0. The van der Waals surface area contributed by atoms with Crippen molar-refractivity contribution in [2.24, 2.45) is 5.73 Å². The number of nitrogens with one attached hydrogen (secondary N) is 1. The van der Waals surface area contributed by atoms with Crippen molar-refractivity contribution in [3.63, 3.8) is 0 Å². The summed E-state index contributed by atoms with van der Waals surface area (Å²) in [5, 5.41) is 3.24. The van der Waals surface area contributed by atoms with Gasteiger partial charge in [0.25, 0.3) is 0 Å². The smallest absolute Gasteiger partial charge is 0.00629 e. The molecule has 0 aromatic heterocycles. The zero-order valence-electron chi connectivity index (χ0n) is 4.89. The van der Waals surface area contributed by atoms with Crippen LogP contribution in [0.15, 0.2) is 0 Å². The number of piperidine rings is 1. The molecule has 0 atom stereocenters. The van der Waals surface area contributed by atoms with Gasteiger partial charge in [-0.15, -0.1) is 12.4 Å². The summed E-state index contributed by atoms with van der Waals surface area (Å²) in [7, 11) is 0. The third-order valence-corrected chi connectivity index (χ3v) is 1.38. The molecule has 1 aliphatic rings. The first-order valence-electron chi connectivity index (χ1n) is 2.86. The highest BCUT2D eigenvalue weighted by atomic mass is 35.5. The molecule has 0 bridgehead atoms. The van der Waals surface area contributed by atoms with Crippen LogP contribution in [0.4, 0.5) is 0 Å². The summed E-state index contributed by atoms with van der Waals surface area (Å²) in [6.07, 6.45) is 2.31. The third kappa shape index (κ3) is 2.50.